The van der Waals surface area contributed by atoms with Crippen LogP contribution in [0.4, 0.5) is 5.69 Å². The lowest BCUT2D eigenvalue weighted by molar-refractivity contribution is -0.120. The first-order valence-corrected chi connectivity index (χ1v) is 11.5. The van der Waals surface area contributed by atoms with Crippen molar-refractivity contribution in [2.75, 3.05) is 24.6 Å². The zero-order chi connectivity index (χ0) is 23.1. The minimum absolute atomic E-state index is 0.0889. The van der Waals surface area contributed by atoms with E-state index in [1.807, 2.05) is 24.3 Å². The molecule has 1 heterocycles. The maximum absolute atomic E-state index is 12.7. The van der Waals surface area contributed by atoms with Gasteiger partial charge in [-0.2, -0.15) is 0 Å². The minimum Gasteiger partial charge on any atom is -0.462 e. The van der Waals surface area contributed by atoms with Crippen LogP contribution in [0, 0.1) is 0 Å². The molecule has 1 saturated heterocycles. The Morgan fingerprint density at radius 1 is 1.09 bits per heavy atom. The number of nitrogens with two attached hydrogens (primary N) is 1. The molecule has 0 aromatic heterocycles. The fourth-order valence-electron chi connectivity index (χ4n) is 4.64. The zero-order valence-corrected chi connectivity index (χ0v) is 19.0. The number of anilines is 1. The molecular weight excluding hydrogens is 404 g/mol. The number of hydrogen-bond donors (Lipinski definition) is 2. The lowest BCUT2D eigenvalue weighted by Gasteiger charge is -2.35. The summed E-state index contributed by atoms with van der Waals surface area (Å²) in [6.07, 6.45) is 2.94. The van der Waals surface area contributed by atoms with E-state index in [2.05, 4.69) is 24.0 Å². The van der Waals surface area contributed by atoms with Crippen molar-refractivity contribution in [2.24, 2.45) is 5.73 Å². The van der Waals surface area contributed by atoms with E-state index in [0.717, 1.165) is 55.6 Å². The van der Waals surface area contributed by atoms with Crippen LogP contribution in [0.3, 0.4) is 0 Å². The molecule has 0 radical (unpaired) electrons. The minimum atomic E-state index is -0.511. The van der Waals surface area contributed by atoms with Crippen LogP contribution in [-0.2, 0) is 9.53 Å². The van der Waals surface area contributed by atoms with Crippen molar-refractivity contribution >= 4 is 17.6 Å². The molecule has 2 aromatic rings. The molecule has 0 bridgehead atoms. The van der Waals surface area contributed by atoms with Crippen LogP contribution in [0.25, 0.3) is 0 Å². The third-order valence-electron chi connectivity index (χ3n) is 6.23. The van der Waals surface area contributed by atoms with E-state index in [1.54, 1.807) is 19.1 Å². The average molecular weight is 439 g/mol. The molecule has 0 saturated carbocycles. The molecule has 0 aliphatic carbocycles. The van der Waals surface area contributed by atoms with Gasteiger partial charge in [-0.05, 0) is 55.5 Å². The van der Waals surface area contributed by atoms with Crippen LogP contribution in [0.2, 0.25) is 0 Å². The van der Waals surface area contributed by atoms with Crippen molar-refractivity contribution in [3.63, 3.8) is 0 Å². The monoisotopic (exact) mass is 438 g/mol. The second-order valence-electron chi connectivity index (χ2n) is 8.39. The number of piperidine rings is 1. The highest BCUT2D eigenvalue weighted by molar-refractivity contribution is 5.90. The second-order valence-corrected chi connectivity index (χ2v) is 8.39. The Hall–Kier alpha value is -2.86. The number of benzene rings is 2. The van der Waals surface area contributed by atoms with Gasteiger partial charge in [0.1, 0.15) is 0 Å². The van der Waals surface area contributed by atoms with Gasteiger partial charge >= 0.3 is 5.97 Å². The fraction of sp³-hybridized carbons (Fsp3) is 0.462. The fourth-order valence-corrected chi connectivity index (χ4v) is 4.64. The Morgan fingerprint density at radius 3 is 2.34 bits per heavy atom. The number of hydrogen-bond acceptors (Lipinski definition) is 5. The molecule has 1 fully saturated rings. The highest BCUT2D eigenvalue weighted by Gasteiger charge is 2.32. The van der Waals surface area contributed by atoms with Gasteiger partial charge in [0.05, 0.1) is 24.2 Å². The quantitative estimate of drug-likeness (QED) is 0.578. The van der Waals surface area contributed by atoms with Gasteiger partial charge in [-0.15, -0.1) is 0 Å². The number of ether oxygens (including phenoxy) is 1. The predicted octanol–water partition coefficient (Wildman–Crippen LogP) is 3.98. The molecule has 32 heavy (non-hydrogen) atoms. The Morgan fingerprint density at radius 2 is 1.75 bits per heavy atom. The number of para-hydroxylation sites is 1. The normalized spacial score (nSPS) is 16.4. The summed E-state index contributed by atoms with van der Waals surface area (Å²) in [5, 5.41) is 9.92. The average Bonchev–Trinajstić information content (AvgIpc) is 2.80. The maximum atomic E-state index is 12.7. The highest BCUT2D eigenvalue weighted by atomic mass is 16.5. The molecule has 0 spiro atoms. The molecule has 3 rings (SSSR count). The number of amides is 1. The molecule has 6 nitrogen and oxygen atoms in total. The second kappa shape index (κ2) is 11.1. The van der Waals surface area contributed by atoms with E-state index in [1.165, 1.54) is 0 Å². The van der Waals surface area contributed by atoms with Gasteiger partial charge in [0.2, 0.25) is 5.91 Å². The first-order valence-electron chi connectivity index (χ1n) is 11.5. The van der Waals surface area contributed by atoms with Crippen LogP contribution >= 0.6 is 0 Å². The van der Waals surface area contributed by atoms with Crippen LogP contribution in [0.5, 0.6) is 0 Å². The Bertz CT molecular complexity index is 904. The van der Waals surface area contributed by atoms with Crippen LogP contribution in [0.1, 0.15) is 72.9 Å². The molecule has 3 N–H and O–H groups in total. The maximum Gasteiger partial charge on any atom is 0.338 e. The SMILES string of the molecule is CCCC(c1ccccc1N1CCC(O)CC1)C(C(N)=O)c1ccc(C(=O)OCC)cc1. The summed E-state index contributed by atoms with van der Waals surface area (Å²) < 4.78 is 5.07. The van der Waals surface area contributed by atoms with E-state index in [4.69, 9.17) is 10.5 Å². The smallest absolute Gasteiger partial charge is 0.338 e. The third kappa shape index (κ3) is 5.49. The molecule has 172 valence electrons. The number of esters is 1. The molecule has 2 atom stereocenters. The van der Waals surface area contributed by atoms with Gasteiger partial charge in [0.15, 0.2) is 0 Å². The highest BCUT2D eigenvalue weighted by Crippen LogP contribution is 2.41. The summed E-state index contributed by atoms with van der Waals surface area (Å²) in [5.41, 5.74) is 9.41. The summed E-state index contributed by atoms with van der Waals surface area (Å²) in [6.45, 7) is 5.76. The van der Waals surface area contributed by atoms with Gasteiger partial charge < -0.3 is 20.5 Å². The standard InChI is InChI=1S/C26H34N2O4/c1-3-7-22(21-8-5-6-9-23(21)28-16-14-20(29)15-17-28)24(25(27)30)18-10-12-19(13-11-18)26(31)32-4-2/h5-6,8-13,20,22,24,29H,3-4,7,14-17H2,1-2H3,(H2,27,30). The number of carbonyl (C=O) groups excluding carboxylic acids is 2. The summed E-state index contributed by atoms with van der Waals surface area (Å²) in [5.74, 6) is -1.36. The number of aliphatic hydroxyl groups excluding tert-OH is 1. The number of primary amides is 1. The molecule has 2 aromatic carbocycles. The number of rotatable bonds is 9. The lowest BCUT2D eigenvalue weighted by atomic mass is 9.77. The Balaban J connectivity index is 1.97. The summed E-state index contributed by atoms with van der Waals surface area (Å²) >= 11 is 0. The van der Waals surface area contributed by atoms with Crippen molar-refractivity contribution in [1.82, 2.24) is 0 Å². The van der Waals surface area contributed by atoms with Crippen LogP contribution in [0.15, 0.2) is 48.5 Å². The zero-order valence-electron chi connectivity index (χ0n) is 19.0. The van der Waals surface area contributed by atoms with Crippen molar-refractivity contribution in [2.45, 2.75) is 57.5 Å². The third-order valence-corrected chi connectivity index (χ3v) is 6.23. The van der Waals surface area contributed by atoms with Gasteiger partial charge in [-0.25, -0.2) is 4.79 Å². The van der Waals surface area contributed by atoms with E-state index < -0.39 is 5.92 Å². The lowest BCUT2D eigenvalue weighted by Crippen LogP contribution is -2.37. The van der Waals surface area contributed by atoms with E-state index >= 15 is 0 Å². The Kier molecular flexibility index (Phi) is 8.28. The van der Waals surface area contributed by atoms with E-state index in [0.29, 0.717) is 12.2 Å². The summed E-state index contributed by atoms with van der Waals surface area (Å²) in [6, 6.07) is 15.2. The van der Waals surface area contributed by atoms with Crippen molar-refractivity contribution in [3.8, 4) is 0 Å². The molecule has 6 heteroatoms. The molecule has 1 aliphatic heterocycles. The molecular formula is C26H34N2O4. The molecule has 1 amide bonds. The Labute approximate surface area is 190 Å². The van der Waals surface area contributed by atoms with Gasteiger partial charge in [0.25, 0.3) is 0 Å². The van der Waals surface area contributed by atoms with Crippen molar-refractivity contribution in [1.29, 1.82) is 0 Å². The van der Waals surface area contributed by atoms with Gasteiger partial charge in [-0.1, -0.05) is 43.7 Å². The first kappa shape index (κ1) is 23.8. The van der Waals surface area contributed by atoms with E-state index in [9.17, 15) is 14.7 Å². The summed E-state index contributed by atoms with van der Waals surface area (Å²) in [7, 11) is 0. The molecule has 2 unspecified atom stereocenters. The largest absolute Gasteiger partial charge is 0.462 e. The topological polar surface area (TPSA) is 92.9 Å². The van der Waals surface area contributed by atoms with Crippen molar-refractivity contribution in [3.05, 3.63) is 65.2 Å². The number of carbonyl (C=O) groups is 2. The van der Waals surface area contributed by atoms with Crippen molar-refractivity contribution < 1.29 is 19.4 Å². The molecule has 1 aliphatic rings. The predicted molar refractivity (Wildman–Crippen MR) is 126 cm³/mol. The van der Waals surface area contributed by atoms with Gasteiger partial charge in [0, 0.05) is 24.7 Å². The van der Waals surface area contributed by atoms with E-state index in [-0.39, 0.29) is 23.9 Å². The van der Waals surface area contributed by atoms with Crippen LogP contribution in [-0.4, -0.2) is 42.8 Å². The number of aliphatic hydroxyl groups is 1. The van der Waals surface area contributed by atoms with Crippen LogP contribution < -0.4 is 10.6 Å². The summed E-state index contributed by atoms with van der Waals surface area (Å²) in [4.78, 5) is 27.0. The van der Waals surface area contributed by atoms with Gasteiger partial charge in [-0.3, -0.25) is 4.79 Å². The number of nitrogens with zero attached hydrogens (tertiary/aromatic N) is 1. The first-order chi connectivity index (χ1) is 15.5.